The Morgan fingerprint density at radius 3 is 2.72 bits per heavy atom. The molecular formula is C10H6ClFN4O2. The highest BCUT2D eigenvalue weighted by molar-refractivity contribution is 6.28. The molecule has 0 aliphatic rings. The van der Waals surface area contributed by atoms with Crippen molar-refractivity contribution in [2.75, 3.05) is 0 Å². The third-order valence-electron chi connectivity index (χ3n) is 2.19. The lowest BCUT2D eigenvalue weighted by atomic mass is 10.1. The zero-order valence-electron chi connectivity index (χ0n) is 9.09. The van der Waals surface area contributed by atoms with E-state index in [1.54, 1.807) is 0 Å². The van der Waals surface area contributed by atoms with Crippen LogP contribution in [0.2, 0.25) is 5.28 Å². The van der Waals surface area contributed by atoms with Crippen LogP contribution >= 0.6 is 11.6 Å². The molecule has 2 aromatic heterocycles. The van der Waals surface area contributed by atoms with Gasteiger partial charge in [-0.05, 0) is 24.6 Å². The van der Waals surface area contributed by atoms with Crippen LogP contribution in [0.1, 0.15) is 5.69 Å². The first-order valence-electron chi connectivity index (χ1n) is 4.78. The third kappa shape index (κ3) is 2.25. The Labute approximate surface area is 106 Å². The predicted molar refractivity (Wildman–Crippen MR) is 61.6 cm³/mol. The van der Waals surface area contributed by atoms with E-state index in [9.17, 15) is 14.5 Å². The highest BCUT2D eigenvalue weighted by atomic mass is 35.5. The van der Waals surface area contributed by atoms with Gasteiger partial charge in [0.2, 0.25) is 5.28 Å². The Balaban J connectivity index is 2.73. The molecule has 18 heavy (non-hydrogen) atoms. The van der Waals surface area contributed by atoms with Crippen LogP contribution in [0.5, 0.6) is 0 Å². The number of hydrogen-bond acceptors (Lipinski definition) is 5. The maximum atomic E-state index is 13.1. The van der Waals surface area contributed by atoms with Gasteiger partial charge in [-0.25, -0.2) is 14.4 Å². The Morgan fingerprint density at radius 1 is 1.39 bits per heavy atom. The normalized spacial score (nSPS) is 10.4. The lowest BCUT2D eigenvalue weighted by Gasteiger charge is -2.04. The molecule has 2 aromatic rings. The molecular weight excluding hydrogens is 263 g/mol. The van der Waals surface area contributed by atoms with Gasteiger partial charge in [0.05, 0.1) is 11.1 Å². The van der Waals surface area contributed by atoms with Crippen molar-refractivity contribution >= 4 is 17.3 Å². The summed E-state index contributed by atoms with van der Waals surface area (Å²) in [6.45, 7) is 1.43. The average Bonchev–Trinajstić information content (AvgIpc) is 2.27. The van der Waals surface area contributed by atoms with E-state index in [1.165, 1.54) is 13.1 Å². The summed E-state index contributed by atoms with van der Waals surface area (Å²) in [5, 5.41) is 10.8. The molecule has 6 nitrogen and oxygen atoms in total. The minimum Gasteiger partial charge on any atom is -0.261 e. The van der Waals surface area contributed by atoms with Gasteiger partial charge in [-0.2, -0.15) is 0 Å². The number of aryl methyl sites for hydroxylation is 1. The van der Waals surface area contributed by atoms with Crippen molar-refractivity contribution in [3.05, 3.63) is 45.4 Å². The maximum absolute atomic E-state index is 13.1. The van der Waals surface area contributed by atoms with Gasteiger partial charge in [0, 0.05) is 11.8 Å². The van der Waals surface area contributed by atoms with Crippen molar-refractivity contribution in [2.24, 2.45) is 0 Å². The van der Waals surface area contributed by atoms with Gasteiger partial charge in [-0.15, -0.1) is 0 Å². The smallest absolute Gasteiger partial charge is 0.261 e. The van der Waals surface area contributed by atoms with Crippen LogP contribution < -0.4 is 0 Å². The van der Waals surface area contributed by atoms with Crippen LogP contribution in [0.4, 0.5) is 10.1 Å². The minimum atomic E-state index is -0.633. The van der Waals surface area contributed by atoms with E-state index in [2.05, 4.69) is 15.0 Å². The molecule has 0 unspecified atom stereocenters. The van der Waals surface area contributed by atoms with E-state index in [1.807, 2.05) is 0 Å². The number of rotatable bonds is 2. The summed E-state index contributed by atoms with van der Waals surface area (Å²) in [4.78, 5) is 21.4. The van der Waals surface area contributed by atoms with E-state index < -0.39 is 10.7 Å². The SMILES string of the molecule is Cc1nc(Cl)nc(-c2cncc(F)c2)c1[N+](=O)[O-]. The first-order valence-corrected chi connectivity index (χ1v) is 5.16. The van der Waals surface area contributed by atoms with Gasteiger partial charge in [-0.1, -0.05) is 0 Å². The highest BCUT2D eigenvalue weighted by Crippen LogP contribution is 2.30. The summed E-state index contributed by atoms with van der Waals surface area (Å²) < 4.78 is 13.1. The molecule has 92 valence electrons. The number of aromatic nitrogens is 3. The van der Waals surface area contributed by atoms with E-state index >= 15 is 0 Å². The molecule has 0 saturated carbocycles. The average molecular weight is 269 g/mol. The fourth-order valence-electron chi connectivity index (χ4n) is 1.49. The van der Waals surface area contributed by atoms with E-state index in [-0.39, 0.29) is 27.9 Å². The Hall–Kier alpha value is -2.15. The monoisotopic (exact) mass is 268 g/mol. The molecule has 8 heteroatoms. The van der Waals surface area contributed by atoms with Crippen molar-refractivity contribution in [1.82, 2.24) is 15.0 Å². The van der Waals surface area contributed by atoms with Gasteiger partial charge in [0.25, 0.3) is 0 Å². The fraction of sp³-hybridized carbons (Fsp3) is 0.100. The molecule has 0 aliphatic heterocycles. The molecule has 0 fully saturated rings. The van der Waals surface area contributed by atoms with Gasteiger partial charge < -0.3 is 0 Å². The van der Waals surface area contributed by atoms with Crippen molar-refractivity contribution in [1.29, 1.82) is 0 Å². The van der Waals surface area contributed by atoms with Crippen LogP contribution in [0.15, 0.2) is 18.5 Å². The van der Waals surface area contributed by atoms with Crippen molar-refractivity contribution in [3.63, 3.8) is 0 Å². The summed E-state index contributed by atoms with van der Waals surface area (Å²) in [6, 6.07) is 1.10. The van der Waals surface area contributed by atoms with Crippen molar-refractivity contribution in [3.8, 4) is 11.3 Å². The van der Waals surface area contributed by atoms with Gasteiger partial charge in [0.15, 0.2) is 5.69 Å². The molecule has 0 N–H and O–H groups in total. The van der Waals surface area contributed by atoms with Crippen molar-refractivity contribution in [2.45, 2.75) is 6.92 Å². The fourth-order valence-corrected chi connectivity index (χ4v) is 1.71. The zero-order valence-corrected chi connectivity index (χ0v) is 9.85. The lowest BCUT2D eigenvalue weighted by molar-refractivity contribution is -0.385. The number of halogens is 2. The molecule has 2 rings (SSSR count). The maximum Gasteiger partial charge on any atom is 0.316 e. The van der Waals surface area contributed by atoms with Crippen LogP contribution in [0, 0.1) is 22.9 Å². The van der Waals surface area contributed by atoms with Crippen molar-refractivity contribution < 1.29 is 9.31 Å². The second-order valence-electron chi connectivity index (χ2n) is 3.42. The number of pyridine rings is 1. The standard InChI is InChI=1S/C10H6ClFN4O2/c1-5-9(16(17)18)8(15-10(11)14-5)6-2-7(12)4-13-3-6/h2-4H,1H3. The largest absolute Gasteiger partial charge is 0.316 e. The lowest BCUT2D eigenvalue weighted by Crippen LogP contribution is -2.01. The molecule has 2 heterocycles. The van der Waals surface area contributed by atoms with Crippen LogP contribution in [-0.2, 0) is 0 Å². The highest BCUT2D eigenvalue weighted by Gasteiger charge is 2.23. The molecule has 0 bridgehead atoms. The quantitative estimate of drug-likeness (QED) is 0.475. The van der Waals surface area contributed by atoms with Gasteiger partial charge >= 0.3 is 5.69 Å². The topological polar surface area (TPSA) is 81.8 Å². The molecule has 0 aromatic carbocycles. The first-order chi connectivity index (χ1) is 8.49. The number of hydrogen-bond donors (Lipinski definition) is 0. The molecule has 0 radical (unpaired) electrons. The first kappa shape index (κ1) is 12.3. The number of nitro groups is 1. The molecule has 0 aliphatic carbocycles. The second-order valence-corrected chi connectivity index (χ2v) is 3.76. The van der Waals surface area contributed by atoms with Gasteiger partial charge in [0.1, 0.15) is 11.5 Å². The van der Waals surface area contributed by atoms with E-state index in [0.29, 0.717) is 0 Å². The van der Waals surface area contributed by atoms with Crippen LogP contribution in [0.3, 0.4) is 0 Å². The predicted octanol–water partition coefficient (Wildman–Crippen LogP) is 2.55. The third-order valence-corrected chi connectivity index (χ3v) is 2.36. The molecule has 0 saturated heterocycles. The van der Waals surface area contributed by atoms with Crippen LogP contribution in [0.25, 0.3) is 11.3 Å². The summed E-state index contributed by atoms with van der Waals surface area (Å²) in [6.07, 6.45) is 2.26. The minimum absolute atomic E-state index is 0.0514. The Bertz CT molecular complexity index is 635. The number of nitrogens with zero attached hydrogens (tertiary/aromatic N) is 4. The summed E-state index contributed by atoms with van der Waals surface area (Å²) in [7, 11) is 0. The Kier molecular flexibility index (Phi) is 3.15. The molecule has 0 amide bonds. The van der Waals surface area contributed by atoms with E-state index in [0.717, 1.165) is 12.3 Å². The Morgan fingerprint density at radius 2 is 2.11 bits per heavy atom. The molecule has 0 spiro atoms. The summed E-state index contributed by atoms with van der Waals surface area (Å²) >= 11 is 5.66. The summed E-state index contributed by atoms with van der Waals surface area (Å²) in [5.41, 5.74) is -0.0790. The van der Waals surface area contributed by atoms with Gasteiger partial charge in [-0.3, -0.25) is 15.1 Å². The van der Waals surface area contributed by atoms with Crippen LogP contribution in [-0.4, -0.2) is 19.9 Å². The zero-order chi connectivity index (χ0) is 13.3. The molecule has 0 atom stereocenters. The second kappa shape index (κ2) is 4.61. The summed E-state index contributed by atoms with van der Waals surface area (Å²) in [5.74, 6) is -0.616. The van der Waals surface area contributed by atoms with E-state index in [4.69, 9.17) is 11.6 Å².